The molecule has 3 heterocycles. The Balaban J connectivity index is 1.24. The van der Waals surface area contributed by atoms with Crippen LogP contribution < -0.4 is 15.0 Å². The van der Waals surface area contributed by atoms with Gasteiger partial charge in [-0.15, -0.1) is 0 Å². The van der Waals surface area contributed by atoms with E-state index in [1.807, 2.05) is 35.4 Å². The summed E-state index contributed by atoms with van der Waals surface area (Å²) in [5.41, 5.74) is 2.16. The third kappa shape index (κ3) is 4.42. The quantitative estimate of drug-likeness (QED) is 0.571. The van der Waals surface area contributed by atoms with Gasteiger partial charge < -0.3 is 15.0 Å². The summed E-state index contributed by atoms with van der Waals surface area (Å²) in [5, 5.41) is 11.1. The summed E-state index contributed by atoms with van der Waals surface area (Å²) in [5.74, 6) is 2.06. The topological polar surface area (TPSA) is 66.1 Å². The SMILES string of the molecule is COc1ccc(-c2n[nH]cc2CN[C@H]2CC[C@@H]3CN(c4cccc(C(F)(F)F)n4)C[C@@H]32)cc1. The summed E-state index contributed by atoms with van der Waals surface area (Å²) in [6.07, 6.45) is -0.391. The van der Waals surface area contributed by atoms with Crippen molar-refractivity contribution >= 4 is 5.82 Å². The maximum atomic E-state index is 13.1. The number of fused-ring (bicyclic) bond motifs is 1. The fourth-order valence-electron chi connectivity index (χ4n) is 5.15. The van der Waals surface area contributed by atoms with Gasteiger partial charge in [-0.3, -0.25) is 5.10 Å². The molecule has 3 aromatic rings. The Kier molecular flexibility index (Phi) is 5.74. The number of hydrogen-bond donors (Lipinski definition) is 2. The van der Waals surface area contributed by atoms with Crippen LogP contribution in [0.3, 0.4) is 0 Å². The van der Waals surface area contributed by atoms with Gasteiger partial charge in [-0.1, -0.05) is 6.07 Å². The summed E-state index contributed by atoms with van der Waals surface area (Å²) in [4.78, 5) is 5.88. The molecule has 6 nitrogen and oxygen atoms in total. The van der Waals surface area contributed by atoms with Crippen LogP contribution in [0.4, 0.5) is 19.0 Å². The Bertz CT molecular complexity index is 1100. The molecule has 0 amide bonds. The van der Waals surface area contributed by atoms with Gasteiger partial charge in [0, 0.05) is 43.0 Å². The number of methoxy groups -OCH3 is 1. The Morgan fingerprint density at radius 3 is 2.70 bits per heavy atom. The van der Waals surface area contributed by atoms with Crippen molar-refractivity contribution in [3.05, 3.63) is 59.9 Å². The lowest BCUT2D eigenvalue weighted by Gasteiger charge is -2.23. The number of pyridine rings is 1. The van der Waals surface area contributed by atoms with Gasteiger partial charge in [-0.2, -0.15) is 18.3 Å². The molecule has 9 heteroatoms. The lowest BCUT2D eigenvalue weighted by molar-refractivity contribution is -0.141. The van der Waals surface area contributed by atoms with Crippen LogP contribution in [0.2, 0.25) is 0 Å². The molecule has 1 saturated heterocycles. The molecule has 3 atom stereocenters. The average Bonchev–Trinajstić information content (AvgIpc) is 3.54. The minimum Gasteiger partial charge on any atom is -0.497 e. The molecule has 1 aliphatic heterocycles. The molecule has 2 aromatic heterocycles. The van der Waals surface area contributed by atoms with E-state index in [0.717, 1.165) is 48.0 Å². The second kappa shape index (κ2) is 8.70. The molecular weight excluding hydrogens is 431 g/mol. The van der Waals surface area contributed by atoms with Gasteiger partial charge >= 0.3 is 6.18 Å². The number of halogens is 3. The molecule has 1 aliphatic carbocycles. The fraction of sp³-hybridized carbons (Fsp3) is 0.417. The van der Waals surface area contributed by atoms with E-state index in [-0.39, 0.29) is 0 Å². The van der Waals surface area contributed by atoms with Gasteiger partial charge in [0.2, 0.25) is 0 Å². The monoisotopic (exact) mass is 457 g/mol. The number of ether oxygens (including phenoxy) is 1. The zero-order chi connectivity index (χ0) is 23.0. The van der Waals surface area contributed by atoms with Gasteiger partial charge in [-0.25, -0.2) is 4.98 Å². The van der Waals surface area contributed by atoms with Gasteiger partial charge in [0.05, 0.1) is 12.8 Å². The Labute approximate surface area is 190 Å². The summed E-state index contributed by atoms with van der Waals surface area (Å²) >= 11 is 0. The number of hydrogen-bond acceptors (Lipinski definition) is 5. The van der Waals surface area contributed by atoms with Crippen LogP contribution in [0.25, 0.3) is 11.3 Å². The van der Waals surface area contributed by atoms with Gasteiger partial charge in [0.15, 0.2) is 0 Å². The average molecular weight is 458 g/mol. The standard InChI is InChI=1S/C24H26F3N5O/c1-33-18-8-5-15(6-9-18)23-17(12-29-31-23)11-28-20-10-7-16-13-32(14-19(16)20)22-4-2-3-21(30-22)24(25,26)27/h2-6,8-9,12,16,19-20,28H,7,10-11,13-14H2,1H3,(H,29,31)/t16-,19+,20+/m1/s1. The van der Waals surface area contributed by atoms with Crippen molar-refractivity contribution in [1.29, 1.82) is 0 Å². The summed E-state index contributed by atoms with van der Waals surface area (Å²) in [7, 11) is 1.64. The molecule has 5 rings (SSSR count). The summed E-state index contributed by atoms with van der Waals surface area (Å²) < 4.78 is 44.4. The highest BCUT2D eigenvalue weighted by Gasteiger charge is 2.43. The van der Waals surface area contributed by atoms with E-state index in [1.54, 1.807) is 13.2 Å². The first-order valence-electron chi connectivity index (χ1n) is 11.1. The van der Waals surface area contributed by atoms with Crippen molar-refractivity contribution in [2.75, 3.05) is 25.1 Å². The van der Waals surface area contributed by atoms with E-state index in [9.17, 15) is 13.2 Å². The minimum atomic E-state index is -4.43. The van der Waals surface area contributed by atoms with Crippen LogP contribution in [-0.4, -0.2) is 41.4 Å². The molecule has 2 aliphatic rings. The van der Waals surface area contributed by atoms with Crippen molar-refractivity contribution in [3.63, 3.8) is 0 Å². The molecule has 2 fully saturated rings. The van der Waals surface area contributed by atoms with Gasteiger partial charge in [0.1, 0.15) is 17.3 Å². The number of alkyl halides is 3. The Hall–Kier alpha value is -3.07. The molecule has 1 saturated carbocycles. The Morgan fingerprint density at radius 1 is 1.12 bits per heavy atom. The first-order chi connectivity index (χ1) is 15.9. The third-order valence-corrected chi connectivity index (χ3v) is 6.84. The molecule has 2 N–H and O–H groups in total. The normalized spacial score (nSPS) is 22.5. The van der Waals surface area contributed by atoms with Crippen molar-refractivity contribution in [2.24, 2.45) is 11.8 Å². The van der Waals surface area contributed by atoms with Crippen LogP contribution in [-0.2, 0) is 12.7 Å². The third-order valence-electron chi connectivity index (χ3n) is 6.84. The van der Waals surface area contributed by atoms with Crippen LogP contribution in [0, 0.1) is 11.8 Å². The molecule has 0 spiro atoms. The zero-order valence-electron chi connectivity index (χ0n) is 18.3. The first-order valence-corrected chi connectivity index (χ1v) is 11.1. The van der Waals surface area contributed by atoms with E-state index >= 15 is 0 Å². The van der Waals surface area contributed by atoms with Crippen LogP contribution in [0.5, 0.6) is 5.75 Å². The number of rotatable bonds is 6. The Morgan fingerprint density at radius 2 is 1.94 bits per heavy atom. The van der Waals surface area contributed by atoms with E-state index in [0.29, 0.717) is 36.8 Å². The van der Waals surface area contributed by atoms with Gasteiger partial charge in [-0.05, 0) is 61.1 Å². The molecule has 0 radical (unpaired) electrons. The molecular formula is C24H26F3N5O. The van der Waals surface area contributed by atoms with Crippen molar-refractivity contribution in [3.8, 4) is 17.0 Å². The first kappa shape index (κ1) is 21.8. The number of benzene rings is 1. The van der Waals surface area contributed by atoms with Crippen molar-refractivity contribution in [2.45, 2.75) is 31.6 Å². The number of H-pyrrole nitrogens is 1. The van der Waals surface area contributed by atoms with Crippen LogP contribution in [0.15, 0.2) is 48.7 Å². The fourth-order valence-corrected chi connectivity index (χ4v) is 5.15. The van der Waals surface area contributed by atoms with E-state index in [2.05, 4.69) is 20.5 Å². The zero-order valence-corrected chi connectivity index (χ0v) is 18.3. The molecule has 33 heavy (non-hydrogen) atoms. The number of anilines is 1. The summed E-state index contributed by atoms with van der Waals surface area (Å²) in [6.45, 7) is 2.14. The van der Waals surface area contributed by atoms with Crippen molar-refractivity contribution < 1.29 is 17.9 Å². The smallest absolute Gasteiger partial charge is 0.433 e. The molecule has 1 aromatic carbocycles. The van der Waals surface area contributed by atoms with Crippen LogP contribution >= 0.6 is 0 Å². The highest BCUT2D eigenvalue weighted by Crippen LogP contribution is 2.40. The maximum Gasteiger partial charge on any atom is 0.433 e. The van der Waals surface area contributed by atoms with Crippen LogP contribution in [0.1, 0.15) is 24.1 Å². The van der Waals surface area contributed by atoms with Gasteiger partial charge in [0.25, 0.3) is 0 Å². The lowest BCUT2D eigenvalue weighted by Crippen LogP contribution is -2.35. The predicted octanol–water partition coefficient (Wildman–Crippen LogP) is 4.50. The van der Waals surface area contributed by atoms with E-state index < -0.39 is 11.9 Å². The van der Waals surface area contributed by atoms with E-state index in [1.165, 1.54) is 6.07 Å². The summed E-state index contributed by atoms with van der Waals surface area (Å²) in [6, 6.07) is 12.2. The number of aromatic amines is 1. The minimum absolute atomic E-state index is 0.310. The second-order valence-corrected chi connectivity index (χ2v) is 8.76. The highest BCUT2D eigenvalue weighted by atomic mass is 19.4. The number of nitrogens with one attached hydrogen (secondary N) is 2. The number of aromatic nitrogens is 3. The maximum absolute atomic E-state index is 13.1. The lowest BCUT2D eigenvalue weighted by atomic mass is 9.97. The molecule has 0 bridgehead atoms. The van der Waals surface area contributed by atoms with E-state index in [4.69, 9.17) is 4.74 Å². The molecule has 0 unspecified atom stereocenters. The largest absolute Gasteiger partial charge is 0.497 e. The van der Waals surface area contributed by atoms with Crippen molar-refractivity contribution in [1.82, 2.24) is 20.5 Å². The highest BCUT2D eigenvalue weighted by molar-refractivity contribution is 5.63. The predicted molar refractivity (Wildman–Crippen MR) is 119 cm³/mol. The molecule has 174 valence electrons. The second-order valence-electron chi connectivity index (χ2n) is 8.76. The number of nitrogens with zero attached hydrogens (tertiary/aromatic N) is 3.